The Morgan fingerprint density at radius 2 is 1.83 bits per heavy atom. The number of amides is 2. The SMILES string of the molecule is O=C(Nc1ccccc1)N1CCC[C@@H](S(=O)(=O)N2CCOCC2)C1. The number of para-hydroxylation sites is 1. The van der Waals surface area contributed by atoms with Gasteiger partial charge in [0.1, 0.15) is 0 Å². The van der Waals surface area contributed by atoms with E-state index in [1.807, 2.05) is 30.3 Å². The lowest BCUT2D eigenvalue weighted by molar-refractivity contribution is 0.0721. The molecule has 1 N–H and O–H groups in total. The molecule has 0 radical (unpaired) electrons. The van der Waals surface area contributed by atoms with Gasteiger partial charge in [0, 0.05) is 31.9 Å². The van der Waals surface area contributed by atoms with Gasteiger partial charge < -0.3 is 15.0 Å². The van der Waals surface area contributed by atoms with Gasteiger partial charge in [-0.15, -0.1) is 0 Å². The summed E-state index contributed by atoms with van der Waals surface area (Å²) in [5, 5.41) is 2.29. The topological polar surface area (TPSA) is 79.0 Å². The number of piperidine rings is 1. The van der Waals surface area contributed by atoms with Crippen molar-refractivity contribution in [2.45, 2.75) is 18.1 Å². The van der Waals surface area contributed by atoms with Crippen LogP contribution in [0.4, 0.5) is 10.5 Å². The van der Waals surface area contributed by atoms with Crippen LogP contribution in [0.3, 0.4) is 0 Å². The lowest BCUT2D eigenvalue weighted by Gasteiger charge is -2.36. The predicted octanol–water partition coefficient (Wildman–Crippen LogP) is 1.34. The molecule has 2 saturated heterocycles. The number of ether oxygens (including phenoxy) is 1. The first-order valence-electron chi connectivity index (χ1n) is 8.25. The molecule has 0 aliphatic carbocycles. The van der Waals surface area contributed by atoms with Gasteiger partial charge in [0.2, 0.25) is 10.0 Å². The van der Waals surface area contributed by atoms with E-state index >= 15 is 0 Å². The lowest BCUT2D eigenvalue weighted by Crippen LogP contribution is -2.52. The van der Waals surface area contributed by atoms with E-state index in [0.29, 0.717) is 51.4 Å². The quantitative estimate of drug-likeness (QED) is 0.889. The molecule has 1 atom stereocenters. The highest BCUT2D eigenvalue weighted by molar-refractivity contribution is 7.89. The number of sulfonamides is 1. The van der Waals surface area contributed by atoms with Gasteiger partial charge in [0.25, 0.3) is 0 Å². The second-order valence-corrected chi connectivity index (χ2v) is 8.28. The van der Waals surface area contributed by atoms with Crippen LogP contribution in [0.1, 0.15) is 12.8 Å². The van der Waals surface area contributed by atoms with E-state index in [9.17, 15) is 13.2 Å². The van der Waals surface area contributed by atoms with E-state index in [-0.39, 0.29) is 12.6 Å². The highest BCUT2D eigenvalue weighted by Crippen LogP contribution is 2.22. The number of nitrogens with zero attached hydrogens (tertiary/aromatic N) is 2. The summed E-state index contributed by atoms with van der Waals surface area (Å²) >= 11 is 0. The number of morpholine rings is 1. The largest absolute Gasteiger partial charge is 0.379 e. The van der Waals surface area contributed by atoms with Crippen molar-refractivity contribution in [1.29, 1.82) is 0 Å². The fourth-order valence-electron chi connectivity index (χ4n) is 3.10. The van der Waals surface area contributed by atoms with Gasteiger partial charge >= 0.3 is 6.03 Å². The summed E-state index contributed by atoms with van der Waals surface area (Å²) in [6.45, 7) is 2.48. The fourth-order valence-corrected chi connectivity index (χ4v) is 5.01. The Labute approximate surface area is 142 Å². The number of rotatable bonds is 3. The van der Waals surface area contributed by atoms with Crippen molar-refractivity contribution < 1.29 is 17.9 Å². The highest BCUT2D eigenvalue weighted by Gasteiger charge is 2.37. The number of likely N-dealkylation sites (tertiary alicyclic amines) is 1. The molecular weight excluding hydrogens is 330 g/mol. The van der Waals surface area contributed by atoms with Crippen molar-refractivity contribution in [2.24, 2.45) is 0 Å². The van der Waals surface area contributed by atoms with E-state index in [0.717, 1.165) is 0 Å². The number of carbonyl (C=O) groups is 1. The molecule has 0 bridgehead atoms. The molecule has 0 spiro atoms. The maximum Gasteiger partial charge on any atom is 0.321 e. The molecule has 2 fully saturated rings. The summed E-state index contributed by atoms with van der Waals surface area (Å²) in [5.74, 6) is 0. The van der Waals surface area contributed by atoms with Gasteiger partial charge in [-0.1, -0.05) is 18.2 Å². The number of hydrogen-bond acceptors (Lipinski definition) is 4. The van der Waals surface area contributed by atoms with Crippen LogP contribution in [0.15, 0.2) is 30.3 Å². The number of benzene rings is 1. The zero-order chi connectivity index (χ0) is 17.0. The molecule has 8 heteroatoms. The smallest absolute Gasteiger partial charge is 0.321 e. The Balaban J connectivity index is 1.64. The molecule has 24 heavy (non-hydrogen) atoms. The minimum Gasteiger partial charge on any atom is -0.379 e. The fraction of sp³-hybridized carbons (Fsp3) is 0.562. The molecule has 7 nitrogen and oxygen atoms in total. The maximum atomic E-state index is 12.8. The van der Waals surface area contributed by atoms with Gasteiger partial charge in [-0.25, -0.2) is 13.2 Å². The van der Waals surface area contributed by atoms with E-state index in [1.165, 1.54) is 4.31 Å². The normalized spacial score (nSPS) is 23.0. The monoisotopic (exact) mass is 353 g/mol. The molecule has 1 aromatic carbocycles. The van der Waals surface area contributed by atoms with E-state index in [2.05, 4.69) is 5.32 Å². The third-order valence-corrected chi connectivity index (χ3v) is 6.75. The van der Waals surface area contributed by atoms with Crippen LogP contribution < -0.4 is 5.32 Å². The molecular formula is C16H23N3O4S. The Kier molecular flexibility index (Phi) is 5.37. The second kappa shape index (κ2) is 7.50. The van der Waals surface area contributed by atoms with Gasteiger partial charge in [-0.2, -0.15) is 4.31 Å². The molecule has 2 heterocycles. The minimum atomic E-state index is -3.39. The molecule has 0 unspecified atom stereocenters. The van der Waals surface area contributed by atoms with Crippen LogP contribution in [0, 0.1) is 0 Å². The number of hydrogen-bond donors (Lipinski definition) is 1. The van der Waals surface area contributed by atoms with Crippen molar-refractivity contribution in [3.63, 3.8) is 0 Å². The number of urea groups is 1. The second-order valence-electron chi connectivity index (χ2n) is 6.06. The molecule has 2 amide bonds. The Morgan fingerprint density at radius 1 is 1.12 bits per heavy atom. The van der Waals surface area contributed by atoms with Gasteiger partial charge in [-0.05, 0) is 25.0 Å². The number of nitrogens with one attached hydrogen (secondary N) is 1. The van der Waals surface area contributed by atoms with Gasteiger partial charge in [0.15, 0.2) is 0 Å². The Hall–Kier alpha value is -1.64. The summed E-state index contributed by atoms with van der Waals surface area (Å²) in [6.07, 6.45) is 1.28. The number of anilines is 1. The van der Waals surface area contributed by atoms with Crippen LogP contribution in [-0.2, 0) is 14.8 Å². The molecule has 1 aromatic rings. The van der Waals surface area contributed by atoms with Crippen molar-refractivity contribution in [3.05, 3.63) is 30.3 Å². The van der Waals surface area contributed by atoms with Crippen LogP contribution >= 0.6 is 0 Å². The molecule has 2 aliphatic heterocycles. The van der Waals surface area contributed by atoms with Crippen LogP contribution in [0.2, 0.25) is 0 Å². The average Bonchev–Trinajstić information content (AvgIpc) is 2.63. The van der Waals surface area contributed by atoms with Gasteiger partial charge in [-0.3, -0.25) is 0 Å². The summed E-state index contributed by atoms with van der Waals surface area (Å²) in [7, 11) is -3.39. The average molecular weight is 353 g/mol. The van der Waals surface area contributed by atoms with E-state index < -0.39 is 15.3 Å². The molecule has 0 saturated carbocycles. The first-order chi connectivity index (χ1) is 11.6. The van der Waals surface area contributed by atoms with Crippen LogP contribution in [0.25, 0.3) is 0 Å². The molecule has 0 aromatic heterocycles. The third-order valence-electron chi connectivity index (χ3n) is 4.44. The zero-order valence-corrected chi connectivity index (χ0v) is 14.4. The minimum absolute atomic E-state index is 0.234. The zero-order valence-electron chi connectivity index (χ0n) is 13.6. The third kappa shape index (κ3) is 3.88. The number of carbonyl (C=O) groups excluding carboxylic acids is 1. The molecule has 3 rings (SSSR count). The first-order valence-corrected chi connectivity index (χ1v) is 9.75. The molecule has 2 aliphatic rings. The Morgan fingerprint density at radius 3 is 2.54 bits per heavy atom. The van der Waals surface area contributed by atoms with Gasteiger partial charge in [0.05, 0.1) is 18.5 Å². The summed E-state index contributed by atoms with van der Waals surface area (Å²) in [4.78, 5) is 14.0. The molecule has 132 valence electrons. The predicted molar refractivity (Wildman–Crippen MR) is 91.4 cm³/mol. The van der Waals surface area contributed by atoms with Crippen molar-refractivity contribution in [1.82, 2.24) is 9.21 Å². The summed E-state index contributed by atoms with van der Waals surface area (Å²) < 4.78 is 32.3. The van der Waals surface area contributed by atoms with E-state index in [4.69, 9.17) is 4.74 Å². The Bertz CT molecular complexity index is 659. The van der Waals surface area contributed by atoms with Crippen LogP contribution in [0.5, 0.6) is 0 Å². The van der Waals surface area contributed by atoms with Crippen molar-refractivity contribution >= 4 is 21.7 Å². The van der Waals surface area contributed by atoms with Crippen LogP contribution in [-0.4, -0.2) is 68.3 Å². The maximum absolute atomic E-state index is 12.8. The van der Waals surface area contributed by atoms with Crippen molar-refractivity contribution in [2.75, 3.05) is 44.7 Å². The lowest BCUT2D eigenvalue weighted by atomic mass is 10.1. The summed E-state index contributed by atoms with van der Waals surface area (Å²) in [6, 6.07) is 8.94. The van der Waals surface area contributed by atoms with E-state index in [1.54, 1.807) is 4.90 Å². The van der Waals surface area contributed by atoms with Crippen molar-refractivity contribution in [3.8, 4) is 0 Å². The first kappa shape index (κ1) is 17.2. The highest BCUT2D eigenvalue weighted by atomic mass is 32.2. The standard InChI is InChI=1S/C16H23N3O4S/c20-16(17-14-5-2-1-3-6-14)18-8-4-7-15(13-18)24(21,22)19-9-11-23-12-10-19/h1-3,5-6,15H,4,7-13H2,(H,17,20)/t15-/m1/s1. The summed E-state index contributed by atoms with van der Waals surface area (Å²) in [5.41, 5.74) is 0.709.